The summed E-state index contributed by atoms with van der Waals surface area (Å²) in [5, 5.41) is 3.48. The molecule has 2 fully saturated rings. The second kappa shape index (κ2) is 7.03. The summed E-state index contributed by atoms with van der Waals surface area (Å²) in [4.78, 5) is 16.6. The Labute approximate surface area is 155 Å². The molecule has 0 unspecified atom stereocenters. The second-order valence-corrected chi connectivity index (χ2v) is 7.93. The zero-order chi connectivity index (χ0) is 17.2. The number of pyridine rings is 1. The van der Waals surface area contributed by atoms with E-state index < -0.39 is 0 Å². The molecule has 0 spiro atoms. The Balaban J connectivity index is 1.65. The lowest BCUT2D eigenvalue weighted by molar-refractivity contribution is -0.115. The van der Waals surface area contributed by atoms with Crippen LogP contribution in [0.3, 0.4) is 0 Å². The second-order valence-electron chi connectivity index (χ2n) is 6.21. The monoisotopic (exact) mass is 368 g/mol. The number of nitrogens with one attached hydrogen (secondary N) is 1. The molecule has 4 nitrogen and oxygen atoms in total. The van der Waals surface area contributed by atoms with Crippen molar-refractivity contribution < 1.29 is 9.21 Å². The third kappa shape index (κ3) is 3.63. The van der Waals surface area contributed by atoms with E-state index in [0.717, 1.165) is 16.5 Å². The third-order valence-electron chi connectivity index (χ3n) is 4.37. The van der Waals surface area contributed by atoms with E-state index in [-0.39, 0.29) is 5.91 Å². The summed E-state index contributed by atoms with van der Waals surface area (Å²) < 4.78 is 6.39. The van der Waals surface area contributed by atoms with Crippen LogP contribution in [-0.4, -0.2) is 15.2 Å². The van der Waals surface area contributed by atoms with Crippen LogP contribution in [0.25, 0.3) is 17.0 Å². The van der Waals surface area contributed by atoms with E-state index in [9.17, 15) is 4.79 Å². The number of carbonyl (C=O) groups excluding carboxylic acids is 1. The van der Waals surface area contributed by atoms with Crippen LogP contribution < -0.4 is 5.32 Å². The standard InChI is InChI=1S/C19H16N2O2S2/c22-18-16(25-19(24)21-18)9-15-8-14-11-20-10-13(17(14)23-15)7-6-12-4-2-1-3-5-12/h8-12H,1-5H2,(H,21,22,24)/b16-9+. The Morgan fingerprint density at radius 3 is 2.92 bits per heavy atom. The summed E-state index contributed by atoms with van der Waals surface area (Å²) in [5.41, 5.74) is 1.52. The highest BCUT2D eigenvalue weighted by Crippen LogP contribution is 2.29. The number of rotatable bonds is 1. The SMILES string of the molecule is O=C1NC(=S)S/C1=C/c1cc2cncc(C#CC3CCCCC3)c2o1. The molecule has 1 amide bonds. The van der Waals surface area contributed by atoms with Gasteiger partial charge in [0.05, 0.1) is 10.5 Å². The van der Waals surface area contributed by atoms with Gasteiger partial charge in [0.2, 0.25) is 0 Å². The summed E-state index contributed by atoms with van der Waals surface area (Å²) in [7, 11) is 0. The smallest absolute Gasteiger partial charge is 0.263 e. The van der Waals surface area contributed by atoms with Crippen molar-refractivity contribution in [2.75, 3.05) is 0 Å². The van der Waals surface area contributed by atoms with Crippen molar-refractivity contribution in [1.82, 2.24) is 10.3 Å². The fourth-order valence-corrected chi connectivity index (χ4v) is 4.14. The van der Waals surface area contributed by atoms with Gasteiger partial charge in [-0.25, -0.2) is 0 Å². The van der Waals surface area contributed by atoms with Crippen molar-refractivity contribution in [3.63, 3.8) is 0 Å². The predicted octanol–water partition coefficient (Wildman–Crippen LogP) is 4.25. The topological polar surface area (TPSA) is 55.1 Å². The summed E-state index contributed by atoms with van der Waals surface area (Å²) in [5.74, 6) is 7.51. The molecule has 0 bridgehead atoms. The molecule has 1 saturated heterocycles. The zero-order valence-electron chi connectivity index (χ0n) is 13.5. The average molecular weight is 368 g/mol. The molecule has 0 atom stereocenters. The number of carbonyl (C=O) groups is 1. The van der Waals surface area contributed by atoms with Crippen LogP contribution in [0.1, 0.15) is 43.4 Å². The van der Waals surface area contributed by atoms with Crippen LogP contribution in [0.5, 0.6) is 0 Å². The zero-order valence-corrected chi connectivity index (χ0v) is 15.1. The summed E-state index contributed by atoms with van der Waals surface area (Å²) in [6.07, 6.45) is 11.4. The van der Waals surface area contributed by atoms with Crippen molar-refractivity contribution >= 4 is 51.3 Å². The normalized spacial score (nSPS) is 19.9. The van der Waals surface area contributed by atoms with Crippen LogP contribution in [0.4, 0.5) is 0 Å². The molecule has 2 aromatic rings. The van der Waals surface area contributed by atoms with E-state index in [1.807, 2.05) is 6.07 Å². The van der Waals surface area contributed by atoms with E-state index in [4.69, 9.17) is 16.6 Å². The first kappa shape index (κ1) is 16.4. The Morgan fingerprint density at radius 2 is 2.16 bits per heavy atom. The number of amides is 1. The maximum Gasteiger partial charge on any atom is 0.263 e. The third-order valence-corrected chi connectivity index (χ3v) is 5.54. The highest BCUT2D eigenvalue weighted by atomic mass is 32.2. The molecule has 1 aliphatic heterocycles. The Hall–Kier alpha value is -2.10. The molecule has 3 heterocycles. The maximum absolute atomic E-state index is 11.8. The highest BCUT2D eigenvalue weighted by Gasteiger charge is 2.22. The number of fused-ring (bicyclic) bond motifs is 1. The molecule has 1 saturated carbocycles. The molecule has 2 aliphatic rings. The van der Waals surface area contributed by atoms with Gasteiger partial charge in [-0.3, -0.25) is 9.78 Å². The molecule has 1 aliphatic carbocycles. The summed E-state index contributed by atoms with van der Waals surface area (Å²) in [6, 6.07) is 1.87. The van der Waals surface area contributed by atoms with Gasteiger partial charge in [-0.1, -0.05) is 55.1 Å². The van der Waals surface area contributed by atoms with Crippen LogP contribution in [0.15, 0.2) is 27.8 Å². The number of furan rings is 1. The molecule has 6 heteroatoms. The average Bonchev–Trinajstić information content (AvgIpc) is 3.16. The van der Waals surface area contributed by atoms with Gasteiger partial charge in [-0.05, 0) is 18.9 Å². The lowest BCUT2D eigenvalue weighted by atomic mass is 9.90. The lowest BCUT2D eigenvalue weighted by Crippen LogP contribution is -2.17. The number of thiocarbonyl (C=S) groups is 1. The van der Waals surface area contributed by atoms with Crippen LogP contribution in [-0.2, 0) is 4.79 Å². The van der Waals surface area contributed by atoms with E-state index in [0.29, 0.717) is 20.9 Å². The van der Waals surface area contributed by atoms with Crippen LogP contribution in [0, 0.1) is 17.8 Å². The summed E-state index contributed by atoms with van der Waals surface area (Å²) >= 11 is 6.24. The van der Waals surface area contributed by atoms with Gasteiger partial charge < -0.3 is 9.73 Å². The molecule has 126 valence electrons. The van der Waals surface area contributed by atoms with Crippen LogP contribution in [0.2, 0.25) is 0 Å². The largest absolute Gasteiger partial charge is 0.455 e. The molecule has 4 rings (SSSR count). The molecular weight excluding hydrogens is 352 g/mol. The molecule has 2 aromatic heterocycles. The van der Waals surface area contributed by atoms with Crippen molar-refractivity contribution in [3.05, 3.63) is 34.7 Å². The Bertz CT molecular complexity index is 943. The van der Waals surface area contributed by atoms with E-state index in [1.54, 1.807) is 18.5 Å². The van der Waals surface area contributed by atoms with Gasteiger partial charge in [0, 0.05) is 29.8 Å². The van der Waals surface area contributed by atoms with E-state index >= 15 is 0 Å². The first-order chi connectivity index (χ1) is 12.2. The maximum atomic E-state index is 11.8. The Kier molecular flexibility index (Phi) is 4.60. The molecular formula is C19H16N2O2S2. The fraction of sp³-hybridized carbons (Fsp3) is 0.316. The van der Waals surface area contributed by atoms with Gasteiger partial charge in [0.1, 0.15) is 10.1 Å². The van der Waals surface area contributed by atoms with Gasteiger partial charge in [-0.2, -0.15) is 0 Å². The van der Waals surface area contributed by atoms with Gasteiger partial charge in [-0.15, -0.1) is 0 Å². The summed E-state index contributed by atoms with van der Waals surface area (Å²) in [6.45, 7) is 0. The number of hydrogen-bond acceptors (Lipinski definition) is 5. The fourth-order valence-electron chi connectivity index (χ4n) is 3.12. The molecule has 0 radical (unpaired) electrons. The predicted molar refractivity (Wildman–Crippen MR) is 104 cm³/mol. The van der Waals surface area contributed by atoms with E-state index in [2.05, 4.69) is 22.1 Å². The van der Waals surface area contributed by atoms with Crippen molar-refractivity contribution in [2.24, 2.45) is 5.92 Å². The van der Waals surface area contributed by atoms with Crippen molar-refractivity contribution in [2.45, 2.75) is 32.1 Å². The van der Waals surface area contributed by atoms with Gasteiger partial charge in [0.15, 0.2) is 5.58 Å². The lowest BCUT2D eigenvalue weighted by Gasteiger charge is -2.15. The molecule has 25 heavy (non-hydrogen) atoms. The van der Waals surface area contributed by atoms with Crippen molar-refractivity contribution in [1.29, 1.82) is 0 Å². The first-order valence-electron chi connectivity index (χ1n) is 8.33. The van der Waals surface area contributed by atoms with Crippen LogP contribution >= 0.6 is 24.0 Å². The van der Waals surface area contributed by atoms with Crippen molar-refractivity contribution in [3.8, 4) is 11.8 Å². The number of aromatic nitrogens is 1. The number of thioether (sulfide) groups is 1. The van der Waals surface area contributed by atoms with Gasteiger partial charge >= 0.3 is 0 Å². The first-order valence-corrected chi connectivity index (χ1v) is 9.55. The molecule has 0 aromatic carbocycles. The number of hydrogen-bond donors (Lipinski definition) is 1. The molecule has 1 N–H and O–H groups in total. The quantitative estimate of drug-likeness (QED) is 0.463. The minimum absolute atomic E-state index is 0.189. The highest BCUT2D eigenvalue weighted by molar-refractivity contribution is 8.26. The Morgan fingerprint density at radius 1 is 1.32 bits per heavy atom. The van der Waals surface area contributed by atoms with E-state index in [1.165, 1.54) is 43.9 Å². The minimum atomic E-state index is -0.189. The van der Waals surface area contributed by atoms with Gasteiger partial charge in [0.25, 0.3) is 5.91 Å². The minimum Gasteiger partial charge on any atom is -0.455 e. The number of nitrogens with zero attached hydrogens (tertiary/aromatic N) is 1.